The number of para-hydroxylation sites is 1. The second-order valence-corrected chi connectivity index (χ2v) is 5.23. The molecular weight excluding hydrogens is 264 g/mol. The maximum atomic E-state index is 12.4. The number of carbonyl (C=O) groups excluding carboxylic acids is 1. The van der Waals surface area contributed by atoms with Crippen molar-refractivity contribution in [2.75, 3.05) is 0 Å². The van der Waals surface area contributed by atoms with E-state index in [9.17, 15) is 4.79 Å². The van der Waals surface area contributed by atoms with E-state index in [-0.39, 0.29) is 11.9 Å². The van der Waals surface area contributed by atoms with Crippen LogP contribution >= 0.6 is 0 Å². The number of nitrogens with zero attached hydrogens (tertiary/aromatic N) is 1. The number of carbonyl (C=O) groups is 1. The normalized spacial score (nSPS) is 14.9. The minimum atomic E-state index is -0.110. The number of amides is 1. The summed E-state index contributed by atoms with van der Waals surface area (Å²) >= 11 is 0. The fourth-order valence-corrected chi connectivity index (χ4v) is 2.58. The number of rotatable bonds is 4. The molecule has 1 N–H and O–H groups in total. The molecule has 1 aliphatic carbocycles. The van der Waals surface area contributed by atoms with Gasteiger partial charge in [-0.15, -0.1) is 0 Å². The Bertz CT molecular complexity index is 607. The number of hydrogen-bond donors (Lipinski definition) is 1. The third kappa shape index (κ3) is 3.40. The van der Waals surface area contributed by atoms with Gasteiger partial charge < -0.3 is 10.1 Å². The first kappa shape index (κ1) is 13.6. The Morgan fingerprint density at radius 1 is 1.10 bits per heavy atom. The van der Waals surface area contributed by atoms with Gasteiger partial charge in [0.1, 0.15) is 11.3 Å². The molecule has 0 bridgehead atoms. The summed E-state index contributed by atoms with van der Waals surface area (Å²) < 4.78 is 5.72. The van der Waals surface area contributed by atoms with Gasteiger partial charge in [0, 0.05) is 12.2 Å². The summed E-state index contributed by atoms with van der Waals surface area (Å²) in [5.74, 6) is 0.909. The van der Waals surface area contributed by atoms with Gasteiger partial charge in [0.25, 0.3) is 5.91 Å². The highest BCUT2D eigenvalue weighted by Gasteiger charge is 2.20. The zero-order chi connectivity index (χ0) is 14.5. The molecule has 0 atom stereocenters. The van der Waals surface area contributed by atoms with Gasteiger partial charge in [-0.1, -0.05) is 31.0 Å². The lowest BCUT2D eigenvalue weighted by Crippen LogP contribution is -2.32. The molecule has 0 spiro atoms. The molecule has 1 amide bonds. The molecule has 4 heteroatoms. The molecule has 108 valence electrons. The SMILES string of the molecule is O=C(NC1CCCC1)c1cccnc1Oc1ccccc1. The maximum Gasteiger partial charge on any atom is 0.257 e. The summed E-state index contributed by atoms with van der Waals surface area (Å²) in [5.41, 5.74) is 0.480. The maximum absolute atomic E-state index is 12.4. The predicted molar refractivity (Wildman–Crippen MR) is 80.5 cm³/mol. The van der Waals surface area contributed by atoms with Crippen molar-refractivity contribution >= 4 is 5.91 Å². The molecule has 1 aliphatic rings. The molecule has 1 heterocycles. The lowest BCUT2D eigenvalue weighted by molar-refractivity contribution is 0.0935. The third-order valence-corrected chi connectivity index (χ3v) is 3.66. The van der Waals surface area contributed by atoms with Gasteiger partial charge in [-0.2, -0.15) is 0 Å². The Balaban J connectivity index is 1.77. The third-order valence-electron chi connectivity index (χ3n) is 3.66. The van der Waals surface area contributed by atoms with Crippen molar-refractivity contribution < 1.29 is 9.53 Å². The second-order valence-electron chi connectivity index (χ2n) is 5.23. The van der Waals surface area contributed by atoms with Gasteiger partial charge in [0.15, 0.2) is 0 Å². The number of pyridine rings is 1. The summed E-state index contributed by atoms with van der Waals surface area (Å²) in [7, 11) is 0. The standard InChI is InChI=1S/C17H18N2O2/c20-16(19-13-7-4-5-8-13)15-11-6-12-18-17(15)21-14-9-2-1-3-10-14/h1-3,6,9-13H,4-5,7-8H2,(H,19,20). The lowest BCUT2D eigenvalue weighted by Gasteiger charge is -2.14. The first-order chi connectivity index (χ1) is 10.3. The fourth-order valence-electron chi connectivity index (χ4n) is 2.58. The minimum Gasteiger partial charge on any atom is -0.438 e. The van der Waals surface area contributed by atoms with Crippen LogP contribution in [0.5, 0.6) is 11.6 Å². The smallest absolute Gasteiger partial charge is 0.257 e. The van der Waals surface area contributed by atoms with E-state index in [1.54, 1.807) is 18.3 Å². The van der Waals surface area contributed by atoms with Crippen molar-refractivity contribution in [3.63, 3.8) is 0 Å². The fraction of sp³-hybridized carbons (Fsp3) is 0.294. The summed E-state index contributed by atoms with van der Waals surface area (Å²) in [6, 6.07) is 13.1. The van der Waals surface area contributed by atoms with E-state index in [0.29, 0.717) is 17.2 Å². The second kappa shape index (κ2) is 6.39. The van der Waals surface area contributed by atoms with Crippen LogP contribution in [-0.2, 0) is 0 Å². The van der Waals surface area contributed by atoms with E-state index < -0.39 is 0 Å². The van der Waals surface area contributed by atoms with Crippen LogP contribution in [0, 0.1) is 0 Å². The van der Waals surface area contributed by atoms with E-state index >= 15 is 0 Å². The number of nitrogens with one attached hydrogen (secondary N) is 1. The number of aromatic nitrogens is 1. The molecular formula is C17H18N2O2. The lowest BCUT2D eigenvalue weighted by atomic mass is 10.2. The summed E-state index contributed by atoms with van der Waals surface area (Å²) in [6.07, 6.45) is 6.11. The van der Waals surface area contributed by atoms with Crippen LogP contribution in [0.1, 0.15) is 36.0 Å². The monoisotopic (exact) mass is 282 g/mol. The quantitative estimate of drug-likeness (QED) is 0.933. The predicted octanol–water partition coefficient (Wildman–Crippen LogP) is 3.55. The minimum absolute atomic E-state index is 0.110. The molecule has 21 heavy (non-hydrogen) atoms. The zero-order valence-electron chi connectivity index (χ0n) is 11.8. The van der Waals surface area contributed by atoms with Crippen molar-refractivity contribution in [2.24, 2.45) is 0 Å². The van der Waals surface area contributed by atoms with Crippen LogP contribution in [0.25, 0.3) is 0 Å². The molecule has 2 aromatic rings. The van der Waals surface area contributed by atoms with Gasteiger partial charge in [-0.25, -0.2) is 4.98 Å². The van der Waals surface area contributed by atoms with E-state index in [0.717, 1.165) is 12.8 Å². The van der Waals surface area contributed by atoms with Crippen molar-refractivity contribution in [3.8, 4) is 11.6 Å². The molecule has 4 nitrogen and oxygen atoms in total. The molecule has 1 fully saturated rings. The van der Waals surface area contributed by atoms with Crippen LogP contribution in [0.2, 0.25) is 0 Å². The Morgan fingerprint density at radius 3 is 2.62 bits per heavy atom. The average molecular weight is 282 g/mol. The summed E-state index contributed by atoms with van der Waals surface area (Å²) in [4.78, 5) is 16.6. The average Bonchev–Trinajstić information content (AvgIpc) is 3.02. The molecule has 3 rings (SSSR count). The topological polar surface area (TPSA) is 51.2 Å². The van der Waals surface area contributed by atoms with Crippen LogP contribution in [0.15, 0.2) is 48.7 Å². The summed E-state index contributed by atoms with van der Waals surface area (Å²) in [6.45, 7) is 0. The largest absolute Gasteiger partial charge is 0.438 e. The Morgan fingerprint density at radius 2 is 1.86 bits per heavy atom. The molecule has 0 radical (unpaired) electrons. The Labute approximate surface area is 124 Å². The first-order valence-corrected chi connectivity index (χ1v) is 7.32. The van der Waals surface area contributed by atoms with Gasteiger partial charge in [-0.3, -0.25) is 4.79 Å². The molecule has 0 aliphatic heterocycles. The highest BCUT2D eigenvalue weighted by Crippen LogP contribution is 2.24. The molecule has 0 saturated heterocycles. The van der Waals surface area contributed by atoms with Gasteiger partial charge in [-0.05, 0) is 37.1 Å². The van der Waals surface area contributed by atoms with Crippen molar-refractivity contribution in [1.82, 2.24) is 10.3 Å². The van der Waals surface area contributed by atoms with Crippen molar-refractivity contribution in [2.45, 2.75) is 31.7 Å². The van der Waals surface area contributed by atoms with Gasteiger partial charge in [0.2, 0.25) is 5.88 Å². The molecule has 0 unspecified atom stereocenters. The summed E-state index contributed by atoms with van der Waals surface area (Å²) in [5, 5.41) is 3.06. The van der Waals surface area contributed by atoms with Crippen LogP contribution < -0.4 is 10.1 Å². The first-order valence-electron chi connectivity index (χ1n) is 7.32. The van der Waals surface area contributed by atoms with Crippen molar-refractivity contribution in [1.29, 1.82) is 0 Å². The highest BCUT2D eigenvalue weighted by atomic mass is 16.5. The Kier molecular flexibility index (Phi) is 4.15. The van der Waals surface area contributed by atoms with E-state index in [4.69, 9.17) is 4.74 Å². The van der Waals surface area contributed by atoms with Gasteiger partial charge in [0.05, 0.1) is 0 Å². The number of hydrogen-bond acceptors (Lipinski definition) is 3. The molecule has 1 saturated carbocycles. The number of benzene rings is 1. The van der Waals surface area contributed by atoms with Gasteiger partial charge >= 0.3 is 0 Å². The van der Waals surface area contributed by atoms with Crippen LogP contribution in [-0.4, -0.2) is 16.9 Å². The highest BCUT2D eigenvalue weighted by molar-refractivity contribution is 5.96. The van der Waals surface area contributed by atoms with E-state index in [2.05, 4.69) is 10.3 Å². The van der Waals surface area contributed by atoms with E-state index in [1.165, 1.54) is 12.8 Å². The molecule has 1 aromatic heterocycles. The molecule has 1 aromatic carbocycles. The van der Waals surface area contributed by atoms with Crippen LogP contribution in [0.3, 0.4) is 0 Å². The Hall–Kier alpha value is -2.36. The van der Waals surface area contributed by atoms with Crippen LogP contribution in [0.4, 0.5) is 0 Å². The number of ether oxygens (including phenoxy) is 1. The van der Waals surface area contributed by atoms with Crippen molar-refractivity contribution in [3.05, 3.63) is 54.2 Å². The zero-order valence-corrected chi connectivity index (χ0v) is 11.8. The van der Waals surface area contributed by atoms with E-state index in [1.807, 2.05) is 30.3 Å².